The molecule has 0 radical (unpaired) electrons. The third kappa shape index (κ3) is 3.27. The molecule has 4 nitrogen and oxygen atoms in total. The van der Waals surface area contributed by atoms with Crippen LogP contribution in [0.2, 0.25) is 0 Å². The van der Waals surface area contributed by atoms with Gasteiger partial charge >= 0.3 is 0 Å². The molecule has 0 spiro atoms. The zero-order valence-corrected chi connectivity index (χ0v) is 10.2. The number of nitrogens with one attached hydrogen (secondary N) is 1. The summed E-state index contributed by atoms with van der Waals surface area (Å²) in [7, 11) is 1.82. The van der Waals surface area contributed by atoms with Crippen LogP contribution in [0.25, 0.3) is 0 Å². The Morgan fingerprint density at radius 1 is 1.65 bits per heavy atom. The molecular formula is C13H19N3O. The number of hydrogen-bond donors (Lipinski definition) is 1. The van der Waals surface area contributed by atoms with E-state index in [-0.39, 0.29) is 5.91 Å². The van der Waals surface area contributed by atoms with Crippen molar-refractivity contribution in [2.45, 2.75) is 19.3 Å². The first-order valence-corrected chi connectivity index (χ1v) is 6.14. The lowest BCUT2D eigenvalue weighted by Gasteiger charge is -2.24. The van der Waals surface area contributed by atoms with E-state index >= 15 is 0 Å². The molecule has 1 aromatic heterocycles. The van der Waals surface area contributed by atoms with Crippen molar-refractivity contribution >= 4 is 11.6 Å². The van der Waals surface area contributed by atoms with Crippen molar-refractivity contribution in [1.82, 2.24) is 10.3 Å². The van der Waals surface area contributed by atoms with E-state index in [1.807, 2.05) is 19.2 Å². The van der Waals surface area contributed by atoms with Crippen molar-refractivity contribution in [3.8, 4) is 0 Å². The molecule has 1 aliphatic rings. The number of amides is 1. The van der Waals surface area contributed by atoms with E-state index in [4.69, 9.17) is 0 Å². The van der Waals surface area contributed by atoms with Crippen LogP contribution < -0.4 is 10.2 Å². The van der Waals surface area contributed by atoms with Gasteiger partial charge in [0, 0.05) is 19.7 Å². The van der Waals surface area contributed by atoms with E-state index in [9.17, 15) is 4.79 Å². The molecule has 1 atom stereocenters. The second kappa shape index (κ2) is 5.77. The lowest BCUT2D eigenvalue weighted by molar-refractivity contribution is -0.119. The number of hydrogen-bond acceptors (Lipinski definition) is 3. The van der Waals surface area contributed by atoms with Gasteiger partial charge in [-0.2, -0.15) is 0 Å². The lowest BCUT2D eigenvalue weighted by atomic mass is 9.95. The summed E-state index contributed by atoms with van der Waals surface area (Å²) < 4.78 is 0. The van der Waals surface area contributed by atoms with Crippen LogP contribution in [0.3, 0.4) is 0 Å². The highest BCUT2D eigenvalue weighted by molar-refractivity contribution is 5.92. The molecule has 2 rings (SSSR count). The van der Waals surface area contributed by atoms with Gasteiger partial charge in [0.05, 0.1) is 11.9 Å². The molecule has 1 amide bonds. The zero-order valence-electron chi connectivity index (χ0n) is 10.2. The van der Waals surface area contributed by atoms with Crippen molar-refractivity contribution in [3.05, 3.63) is 24.5 Å². The predicted molar refractivity (Wildman–Crippen MR) is 67.9 cm³/mol. The molecule has 0 saturated carbocycles. The van der Waals surface area contributed by atoms with Crippen molar-refractivity contribution in [2.24, 2.45) is 5.92 Å². The third-order valence-corrected chi connectivity index (χ3v) is 3.27. The van der Waals surface area contributed by atoms with Gasteiger partial charge in [-0.05, 0) is 44.0 Å². The molecule has 1 aliphatic heterocycles. The third-order valence-electron chi connectivity index (χ3n) is 3.27. The zero-order chi connectivity index (χ0) is 12.1. The molecule has 1 fully saturated rings. The average Bonchev–Trinajstić information content (AvgIpc) is 2.40. The molecule has 92 valence electrons. The van der Waals surface area contributed by atoms with Crippen molar-refractivity contribution < 1.29 is 4.79 Å². The van der Waals surface area contributed by atoms with Crippen LogP contribution in [-0.4, -0.2) is 31.0 Å². The van der Waals surface area contributed by atoms with Crippen LogP contribution in [-0.2, 0) is 4.79 Å². The lowest BCUT2D eigenvalue weighted by Crippen LogP contribution is -2.35. The molecule has 1 unspecified atom stereocenters. The second-order valence-corrected chi connectivity index (χ2v) is 4.58. The first kappa shape index (κ1) is 12.0. The molecule has 2 heterocycles. The first-order chi connectivity index (χ1) is 8.27. The Kier molecular flexibility index (Phi) is 4.09. The molecule has 1 aromatic rings. The summed E-state index contributed by atoms with van der Waals surface area (Å²) in [6.45, 7) is 2.05. The van der Waals surface area contributed by atoms with Crippen LogP contribution in [0.15, 0.2) is 24.5 Å². The molecule has 0 aliphatic carbocycles. The Hall–Kier alpha value is -1.42. The minimum absolute atomic E-state index is 0.173. The molecule has 1 saturated heterocycles. The van der Waals surface area contributed by atoms with Crippen LogP contribution in [0.4, 0.5) is 5.69 Å². The van der Waals surface area contributed by atoms with Gasteiger partial charge < -0.3 is 10.2 Å². The van der Waals surface area contributed by atoms with Gasteiger partial charge in [-0.15, -0.1) is 0 Å². The quantitative estimate of drug-likeness (QED) is 0.859. The smallest absolute Gasteiger partial charge is 0.227 e. The molecule has 1 N–H and O–H groups in total. The summed E-state index contributed by atoms with van der Waals surface area (Å²) in [4.78, 5) is 17.8. The van der Waals surface area contributed by atoms with E-state index in [0.717, 1.165) is 25.2 Å². The minimum Gasteiger partial charge on any atom is -0.316 e. The number of carbonyl (C=O) groups is 1. The standard InChI is InChI=1S/C13H19N3O/c1-16(12-5-3-7-15-10-12)13(17)8-11-4-2-6-14-9-11/h3,5,7,10-11,14H,2,4,6,8-9H2,1H3. The number of carbonyl (C=O) groups excluding carboxylic acids is 1. The Balaban J connectivity index is 1.91. The average molecular weight is 233 g/mol. The minimum atomic E-state index is 0.173. The van der Waals surface area contributed by atoms with Gasteiger partial charge in [-0.25, -0.2) is 0 Å². The largest absolute Gasteiger partial charge is 0.316 e. The number of pyridine rings is 1. The van der Waals surface area contributed by atoms with Crippen molar-refractivity contribution in [2.75, 3.05) is 25.0 Å². The molecule has 4 heteroatoms. The topological polar surface area (TPSA) is 45.2 Å². The highest BCUT2D eigenvalue weighted by Crippen LogP contribution is 2.17. The number of aromatic nitrogens is 1. The maximum Gasteiger partial charge on any atom is 0.227 e. The number of nitrogens with zero attached hydrogens (tertiary/aromatic N) is 2. The Morgan fingerprint density at radius 2 is 2.53 bits per heavy atom. The molecule has 0 bridgehead atoms. The fraction of sp³-hybridized carbons (Fsp3) is 0.538. The van der Waals surface area contributed by atoms with Crippen molar-refractivity contribution in [3.63, 3.8) is 0 Å². The fourth-order valence-electron chi connectivity index (χ4n) is 2.18. The Labute approximate surface area is 102 Å². The predicted octanol–water partition coefficient (Wildman–Crippen LogP) is 1.43. The monoisotopic (exact) mass is 233 g/mol. The highest BCUT2D eigenvalue weighted by Gasteiger charge is 2.19. The SMILES string of the molecule is CN(C(=O)CC1CCCNC1)c1cccnc1. The summed E-state index contributed by atoms with van der Waals surface area (Å²) in [6, 6.07) is 3.76. The van der Waals surface area contributed by atoms with E-state index in [1.165, 1.54) is 6.42 Å². The van der Waals surface area contributed by atoms with Crippen LogP contribution in [0.5, 0.6) is 0 Å². The molecule has 0 aromatic carbocycles. The highest BCUT2D eigenvalue weighted by atomic mass is 16.2. The van der Waals surface area contributed by atoms with Gasteiger partial charge in [0.15, 0.2) is 0 Å². The van der Waals surface area contributed by atoms with E-state index in [1.54, 1.807) is 17.3 Å². The van der Waals surface area contributed by atoms with Crippen LogP contribution in [0.1, 0.15) is 19.3 Å². The maximum atomic E-state index is 12.1. The maximum absolute atomic E-state index is 12.1. The fourth-order valence-corrected chi connectivity index (χ4v) is 2.18. The summed E-state index contributed by atoms with van der Waals surface area (Å²) in [5.41, 5.74) is 0.862. The van der Waals surface area contributed by atoms with E-state index in [0.29, 0.717) is 12.3 Å². The van der Waals surface area contributed by atoms with Crippen LogP contribution in [0, 0.1) is 5.92 Å². The van der Waals surface area contributed by atoms with E-state index < -0.39 is 0 Å². The van der Waals surface area contributed by atoms with Gasteiger partial charge in [0.2, 0.25) is 5.91 Å². The molecular weight excluding hydrogens is 214 g/mol. The van der Waals surface area contributed by atoms with Crippen molar-refractivity contribution in [1.29, 1.82) is 0 Å². The summed E-state index contributed by atoms with van der Waals surface area (Å²) in [5.74, 6) is 0.655. The normalized spacial score (nSPS) is 19.9. The number of rotatable bonds is 3. The summed E-state index contributed by atoms with van der Waals surface area (Å²) >= 11 is 0. The Morgan fingerprint density at radius 3 is 3.18 bits per heavy atom. The number of piperidine rings is 1. The van der Waals surface area contributed by atoms with Gasteiger partial charge in [0.1, 0.15) is 0 Å². The number of anilines is 1. The summed E-state index contributed by atoms with van der Waals surface area (Å²) in [6.07, 6.45) is 6.39. The van der Waals surface area contributed by atoms with Gasteiger partial charge in [-0.1, -0.05) is 0 Å². The Bertz CT molecular complexity index is 360. The van der Waals surface area contributed by atoms with E-state index in [2.05, 4.69) is 10.3 Å². The summed E-state index contributed by atoms with van der Waals surface area (Å²) in [5, 5.41) is 3.34. The molecule has 17 heavy (non-hydrogen) atoms. The van der Waals surface area contributed by atoms with Gasteiger partial charge in [-0.3, -0.25) is 9.78 Å². The first-order valence-electron chi connectivity index (χ1n) is 6.14. The van der Waals surface area contributed by atoms with Gasteiger partial charge in [0.25, 0.3) is 0 Å². The second-order valence-electron chi connectivity index (χ2n) is 4.58. The van der Waals surface area contributed by atoms with Crippen LogP contribution >= 0.6 is 0 Å².